The van der Waals surface area contributed by atoms with Crippen molar-refractivity contribution in [2.75, 3.05) is 11.9 Å². The highest BCUT2D eigenvalue weighted by molar-refractivity contribution is 6.31. The van der Waals surface area contributed by atoms with Crippen molar-refractivity contribution in [3.63, 3.8) is 0 Å². The van der Waals surface area contributed by atoms with Crippen molar-refractivity contribution in [3.8, 4) is 0 Å². The molecule has 1 aliphatic carbocycles. The molecule has 1 aliphatic heterocycles. The molecule has 4 rings (SSSR count). The molecule has 0 aromatic heterocycles. The van der Waals surface area contributed by atoms with E-state index in [1.165, 1.54) is 36.2 Å². The summed E-state index contributed by atoms with van der Waals surface area (Å²) in [6.07, 6.45) is -0.640. The standard InChI is InChI=1S/C24H23ClF3N3O3/c1-30-19(9-10-20(30)32)23(34)31(16-6-4-5-14(26)11-16)21(17-7-2-3-8-18(17)25)22(33)29-15-12-24(27,28)13-15/h2-8,11,15,19,21H,9-10,12-13H2,1H3,(H,29,33)/t19-,21?/m0/s1. The lowest BCUT2D eigenvalue weighted by Crippen LogP contribution is -2.55. The van der Waals surface area contributed by atoms with Crippen molar-refractivity contribution in [1.82, 2.24) is 10.2 Å². The highest BCUT2D eigenvalue weighted by Gasteiger charge is 2.48. The van der Waals surface area contributed by atoms with E-state index in [0.29, 0.717) is 0 Å². The molecule has 2 aliphatic rings. The van der Waals surface area contributed by atoms with E-state index in [2.05, 4.69) is 5.32 Å². The van der Waals surface area contributed by atoms with Gasteiger partial charge in [0.2, 0.25) is 11.8 Å². The van der Waals surface area contributed by atoms with Crippen LogP contribution in [-0.2, 0) is 14.4 Å². The average Bonchev–Trinajstić information content (AvgIpc) is 3.09. The number of benzene rings is 2. The number of hydrogen-bond acceptors (Lipinski definition) is 3. The van der Waals surface area contributed by atoms with Crippen LogP contribution in [0.3, 0.4) is 0 Å². The van der Waals surface area contributed by atoms with Crippen LogP contribution in [0.5, 0.6) is 0 Å². The maximum absolute atomic E-state index is 14.2. The Kier molecular flexibility index (Phi) is 6.58. The first-order chi connectivity index (χ1) is 16.1. The second-order valence-corrected chi connectivity index (χ2v) is 9.05. The van der Waals surface area contributed by atoms with Gasteiger partial charge in [-0.2, -0.15) is 0 Å². The van der Waals surface area contributed by atoms with Gasteiger partial charge in [0.05, 0.1) is 0 Å². The molecule has 34 heavy (non-hydrogen) atoms. The molecule has 1 saturated heterocycles. The molecule has 2 atom stereocenters. The molecule has 10 heteroatoms. The number of carbonyl (C=O) groups excluding carboxylic acids is 3. The lowest BCUT2D eigenvalue weighted by Gasteiger charge is -2.39. The van der Waals surface area contributed by atoms with Crippen molar-refractivity contribution in [3.05, 3.63) is 64.9 Å². The van der Waals surface area contributed by atoms with Crippen molar-refractivity contribution < 1.29 is 27.6 Å². The smallest absolute Gasteiger partial charge is 0.252 e. The molecule has 2 aromatic carbocycles. The van der Waals surface area contributed by atoms with E-state index in [1.54, 1.807) is 18.2 Å². The van der Waals surface area contributed by atoms with E-state index in [4.69, 9.17) is 11.6 Å². The molecule has 180 valence electrons. The molecule has 1 unspecified atom stereocenters. The van der Waals surface area contributed by atoms with Gasteiger partial charge in [0, 0.05) is 48.6 Å². The first-order valence-corrected chi connectivity index (χ1v) is 11.2. The minimum Gasteiger partial charge on any atom is -0.351 e. The summed E-state index contributed by atoms with van der Waals surface area (Å²) in [5, 5.41) is 2.76. The third-order valence-corrected chi connectivity index (χ3v) is 6.59. The minimum atomic E-state index is -2.86. The Morgan fingerprint density at radius 3 is 2.47 bits per heavy atom. The number of alkyl halides is 2. The Morgan fingerprint density at radius 2 is 1.88 bits per heavy atom. The molecule has 0 bridgehead atoms. The van der Waals surface area contributed by atoms with Gasteiger partial charge < -0.3 is 10.2 Å². The largest absolute Gasteiger partial charge is 0.351 e. The van der Waals surface area contributed by atoms with Crippen LogP contribution in [0.15, 0.2) is 48.5 Å². The summed E-state index contributed by atoms with van der Waals surface area (Å²) < 4.78 is 41.0. The van der Waals surface area contributed by atoms with Crippen molar-refractivity contribution in [2.24, 2.45) is 0 Å². The van der Waals surface area contributed by atoms with Gasteiger partial charge in [0.25, 0.3) is 11.8 Å². The van der Waals surface area contributed by atoms with E-state index in [0.717, 1.165) is 11.0 Å². The van der Waals surface area contributed by atoms with Crippen LogP contribution < -0.4 is 10.2 Å². The highest BCUT2D eigenvalue weighted by atomic mass is 35.5. The number of nitrogens with one attached hydrogen (secondary N) is 1. The van der Waals surface area contributed by atoms with Gasteiger partial charge >= 0.3 is 0 Å². The predicted octanol–water partition coefficient (Wildman–Crippen LogP) is 4.09. The van der Waals surface area contributed by atoms with Gasteiger partial charge in [-0.3, -0.25) is 19.3 Å². The number of likely N-dealkylation sites (N-methyl/N-ethyl adjacent to an activating group) is 1. The monoisotopic (exact) mass is 493 g/mol. The number of halogens is 4. The highest BCUT2D eigenvalue weighted by Crippen LogP contribution is 2.39. The molecule has 2 fully saturated rings. The predicted molar refractivity (Wildman–Crippen MR) is 120 cm³/mol. The first kappa shape index (κ1) is 24.1. The zero-order valence-corrected chi connectivity index (χ0v) is 19.1. The fraction of sp³-hybridized carbons (Fsp3) is 0.375. The Labute approximate surface area is 199 Å². The topological polar surface area (TPSA) is 69.7 Å². The number of carbonyl (C=O) groups is 3. The lowest BCUT2D eigenvalue weighted by atomic mass is 9.87. The molecule has 1 N–H and O–H groups in total. The van der Waals surface area contributed by atoms with Gasteiger partial charge in [-0.25, -0.2) is 13.2 Å². The maximum Gasteiger partial charge on any atom is 0.252 e. The number of anilines is 1. The molecule has 6 nitrogen and oxygen atoms in total. The first-order valence-electron chi connectivity index (χ1n) is 10.8. The summed E-state index contributed by atoms with van der Waals surface area (Å²) in [6.45, 7) is 0. The number of nitrogens with zero attached hydrogens (tertiary/aromatic N) is 2. The summed E-state index contributed by atoms with van der Waals surface area (Å²) in [5.41, 5.74) is 0.328. The molecule has 0 spiro atoms. The zero-order valence-electron chi connectivity index (χ0n) is 18.3. The second kappa shape index (κ2) is 9.29. The summed E-state index contributed by atoms with van der Waals surface area (Å²) in [4.78, 5) is 41.8. The van der Waals surface area contributed by atoms with Crippen LogP contribution in [0.25, 0.3) is 0 Å². The van der Waals surface area contributed by atoms with E-state index < -0.39 is 54.5 Å². The van der Waals surface area contributed by atoms with Crippen LogP contribution in [0, 0.1) is 5.82 Å². The van der Waals surface area contributed by atoms with E-state index in [9.17, 15) is 27.6 Å². The summed E-state index contributed by atoms with van der Waals surface area (Å²) in [5.74, 6) is -5.05. The van der Waals surface area contributed by atoms with Gasteiger partial charge in [0.1, 0.15) is 17.9 Å². The number of amides is 3. The van der Waals surface area contributed by atoms with Gasteiger partial charge in [-0.15, -0.1) is 0 Å². The fourth-order valence-electron chi connectivity index (χ4n) is 4.42. The Morgan fingerprint density at radius 1 is 1.18 bits per heavy atom. The third kappa shape index (κ3) is 4.75. The minimum absolute atomic E-state index is 0.0803. The zero-order chi connectivity index (χ0) is 24.6. The number of rotatable bonds is 6. The quantitative estimate of drug-likeness (QED) is 0.659. The summed E-state index contributed by atoms with van der Waals surface area (Å²) in [6, 6.07) is 8.48. The number of likely N-dealkylation sites (tertiary alicyclic amines) is 1. The lowest BCUT2D eigenvalue weighted by molar-refractivity contribution is -0.135. The summed E-state index contributed by atoms with van der Waals surface area (Å²) >= 11 is 6.40. The van der Waals surface area contributed by atoms with Crippen molar-refractivity contribution in [1.29, 1.82) is 0 Å². The molecular formula is C24H23ClF3N3O3. The SMILES string of the molecule is CN1C(=O)CC[C@H]1C(=O)N(c1cccc(F)c1)C(C(=O)NC1CC(F)(F)C1)c1ccccc1Cl. The molecule has 3 amide bonds. The van der Waals surface area contributed by atoms with Crippen molar-refractivity contribution in [2.45, 2.75) is 49.7 Å². The van der Waals surface area contributed by atoms with E-state index in [-0.39, 0.29) is 35.0 Å². The summed E-state index contributed by atoms with van der Waals surface area (Å²) in [7, 11) is 1.49. The number of hydrogen-bond donors (Lipinski definition) is 1. The Balaban J connectivity index is 1.79. The van der Waals surface area contributed by atoms with Gasteiger partial charge in [-0.05, 0) is 30.7 Å². The van der Waals surface area contributed by atoms with Gasteiger partial charge in [0.15, 0.2) is 0 Å². The van der Waals surface area contributed by atoms with Crippen LogP contribution in [0.2, 0.25) is 5.02 Å². The average molecular weight is 494 g/mol. The second-order valence-electron chi connectivity index (χ2n) is 8.64. The molecule has 1 saturated carbocycles. The van der Waals surface area contributed by atoms with E-state index >= 15 is 0 Å². The third-order valence-electron chi connectivity index (χ3n) is 6.24. The van der Waals surface area contributed by atoms with Crippen LogP contribution in [0.1, 0.15) is 37.3 Å². The Hall–Kier alpha value is -3.07. The fourth-order valence-corrected chi connectivity index (χ4v) is 4.66. The van der Waals surface area contributed by atoms with E-state index in [1.807, 2.05) is 0 Å². The maximum atomic E-state index is 14.2. The van der Waals surface area contributed by atoms with Gasteiger partial charge in [-0.1, -0.05) is 35.9 Å². The normalized spacial score (nSPS) is 20.6. The molecule has 1 heterocycles. The van der Waals surface area contributed by atoms with Crippen LogP contribution in [0.4, 0.5) is 18.9 Å². The Bertz CT molecular complexity index is 1120. The molecular weight excluding hydrogens is 471 g/mol. The molecule has 2 aromatic rings. The van der Waals surface area contributed by atoms with Crippen LogP contribution >= 0.6 is 11.6 Å². The molecule has 0 radical (unpaired) electrons. The van der Waals surface area contributed by atoms with Crippen LogP contribution in [-0.4, -0.2) is 47.7 Å². The van der Waals surface area contributed by atoms with Crippen molar-refractivity contribution >= 4 is 35.0 Å².